The van der Waals surface area contributed by atoms with Crippen LogP contribution in [0.15, 0.2) is 45.3 Å². The van der Waals surface area contributed by atoms with Crippen molar-refractivity contribution in [1.29, 1.82) is 0 Å². The molecule has 4 rings (SSSR count). The fourth-order valence-corrected chi connectivity index (χ4v) is 5.22. The summed E-state index contributed by atoms with van der Waals surface area (Å²) < 4.78 is 9.32. The van der Waals surface area contributed by atoms with Crippen molar-refractivity contribution in [2.45, 2.75) is 33.7 Å². The predicted octanol–water partition coefficient (Wildman–Crippen LogP) is 2.21. The first-order valence-corrected chi connectivity index (χ1v) is 11.9. The molecule has 3 heterocycles. The molecule has 0 aliphatic carbocycles. The van der Waals surface area contributed by atoms with E-state index >= 15 is 0 Å². The number of benzene rings is 1. The molecule has 0 radical (unpaired) electrons. The summed E-state index contributed by atoms with van der Waals surface area (Å²) >= 11 is 1.32. The van der Waals surface area contributed by atoms with Gasteiger partial charge in [-0.2, -0.15) is 5.10 Å². The number of nitrogens with zero attached hydrogens (tertiary/aromatic N) is 5. The van der Waals surface area contributed by atoms with Crippen molar-refractivity contribution in [1.82, 2.24) is 14.3 Å². The standard InChI is InChI=1S/C25H29N5O3S/c1-8-33-24(32)21-15(3)26-25-30(22(21)17-9-11-18(12-10-17)28(5)6)23(31)20(34-25)13-19-14(2)27-29(7)16(19)4/h9-13,22H,8H2,1-7H3/b20-13-. The minimum atomic E-state index is -0.621. The SMILES string of the molecule is CCOC(=O)C1=C(C)N=c2s/c(=C\c3c(C)nn(C)c3C)c(=O)n2C1c1ccc(N(C)C)cc1. The van der Waals surface area contributed by atoms with Crippen molar-refractivity contribution in [3.8, 4) is 0 Å². The molecule has 0 fully saturated rings. The Bertz CT molecular complexity index is 1470. The summed E-state index contributed by atoms with van der Waals surface area (Å²) in [6, 6.07) is 7.23. The van der Waals surface area contributed by atoms with Crippen LogP contribution in [0.1, 0.15) is 42.4 Å². The lowest BCUT2D eigenvalue weighted by atomic mass is 9.95. The summed E-state index contributed by atoms with van der Waals surface area (Å²) in [5.41, 5.74) is 5.34. The van der Waals surface area contributed by atoms with Crippen LogP contribution in [0.2, 0.25) is 0 Å². The number of anilines is 1. The molecule has 1 unspecified atom stereocenters. The molecule has 0 saturated carbocycles. The Hall–Kier alpha value is -3.46. The largest absolute Gasteiger partial charge is 0.463 e. The van der Waals surface area contributed by atoms with Gasteiger partial charge in [0.05, 0.1) is 34.1 Å². The Kier molecular flexibility index (Phi) is 6.31. The topological polar surface area (TPSA) is 81.7 Å². The first-order chi connectivity index (χ1) is 16.1. The maximum absolute atomic E-state index is 13.7. The van der Waals surface area contributed by atoms with Gasteiger partial charge < -0.3 is 9.64 Å². The van der Waals surface area contributed by atoms with Gasteiger partial charge in [-0.3, -0.25) is 14.0 Å². The van der Waals surface area contributed by atoms with Gasteiger partial charge in [0.25, 0.3) is 5.56 Å². The van der Waals surface area contributed by atoms with E-state index < -0.39 is 12.0 Å². The zero-order chi connectivity index (χ0) is 24.7. The van der Waals surface area contributed by atoms with E-state index in [1.807, 2.05) is 70.2 Å². The van der Waals surface area contributed by atoms with Crippen LogP contribution in [0.4, 0.5) is 5.69 Å². The highest BCUT2D eigenvalue weighted by Gasteiger charge is 2.33. The monoisotopic (exact) mass is 479 g/mol. The number of allylic oxidation sites excluding steroid dienone is 1. The Balaban J connectivity index is 1.96. The number of hydrogen-bond donors (Lipinski definition) is 0. The summed E-state index contributed by atoms with van der Waals surface area (Å²) in [5, 5.41) is 4.46. The van der Waals surface area contributed by atoms with Crippen molar-refractivity contribution in [2.75, 3.05) is 25.6 Å². The van der Waals surface area contributed by atoms with Gasteiger partial charge in [0.1, 0.15) is 0 Å². The third kappa shape index (κ3) is 4.00. The summed E-state index contributed by atoms with van der Waals surface area (Å²) in [4.78, 5) is 33.9. The Morgan fingerprint density at radius 1 is 1.21 bits per heavy atom. The van der Waals surface area contributed by atoms with Crippen molar-refractivity contribution in [3.05, 3.63) is 77.7 Å². The Morgan fingerprint density at radius 3 is 2.44 bits per heavy atom. The second-order valence-electron chi connectivity index (χ2n) is 8.50. The second kappa shape index (κ2) is 9.06. The molecule has 2 aromatic heterocycles. The van der Waals surface area contributed by atoms with E-state index in [2.05, 4.69) is 10.1 Å². The highest BCUT2D eigenvalue weighted by Crippen LogP contribution is 2.31. The lowest BCUT2D eigenvalue weighted by Crippen LogP contribution is -2.40. The van der Waals surface area contributed by atoms with Crippen molar-refractivity contribution in [2.24, 2.45) is 12.0 Å². The van der Waals surface area contributed by atoms with Crippen LogP contribution in [0.5, 0.6) is 0 Å². The minimum absolute atomic E-state index is 0.192. The van der Waals surface area contributed by atoms with Gasteiger partial charge in [-0.05, 0) is 51.5 Å². The molecular weight excluding hydrogens is 450 g/mol. The lowest BCUT2D eigenvalue weighted by molar-refractivity contribution is -0.139. The normalized spacial score (nSPS) is 15.9. The number of esters is 1. The molecule has 3 aromatic rings. The molecule has 178 valence electrons. The molecule has 8 nitrogen and oxygen atoms in total. The van der Waals surface area contributed by atoms with E-state index in [1.165, 1.54) is 11.3 Å². The van der Waals surface area contributed by atoms with Crippen LogP contribution in [-0.4, -0.2) is 41.0 Å². The summed E-state index contributed by atoms with van der Waals surface area (Å²) in [6.45, 7) is 7.70. The summed E-state index contributed by atoms with van der Waals surface area (Å²) in [7, 11) is 5.82. The fourth-order valence-electron chi connectivity index (χ4n) is 4.19. The highest BCUT2D eigenvalue weighted by atomic mass is 32.1. The van der Waals surface area contributed by atoms with E-state index in [1.54, 1.807) is 23.1 Å². The van der Waals surface area contributed by atoms with Gasteiger partial charge >= 0.3 is 5.97 Å². The molecule has 1 aliphatic heterocycles. The van der Waals surface area contributed by atoms with Gasteiger partial charge in [-0.25, -0.2) is 9.79 Å². The van der Waals surface area contributed by atoms with Gasteiger partial charge in [0.2, 0.25) is 0 Å². The van der Waals surface area contributed by atoms with E-state index in [0.717, 1.165) is 28.2 Å². The van der Waals surface area contributed by atoms with Crippen molar-refractivity contribution >= 4 is 29.1 Å². The molecule has 0 N–H and O–H groups in total. The molecule has 1 aromatic carbocycles. The van der Waals surface area contributed by atoms with Crippen molar-refractivity contribution < 1.29 is 9.53 Å². The number of thiazole rings is 1. The van der Waals surface area contributed by atoms with Gasteiger partial charge in [0, 0.05) is 38.1 Å². The van der Waals surface area contributed by atoms with Crippen molar-refractivity contribution in [3.63, 3.8) is 0 Å². The third-order valence-electron chi connectivity index (χ3n) is 6.08. The average Bonchev–Trinajstić information content (AvgIpc) is 3.22. The second-order valence-corrected chi connectivity index (χ2v) is 9.51. The average molecular weight is 480 g/mol. The number of rotatable bonds is 5. The zero-order valence-electron chi connectivity index (χ0n) is 20.5. The number of carbonyl (C=O) groups is 1. The maximum atomic E-state index is 13.7. The first kappa shape index (κ1) is 23.7. The van der Waals surface area contributed by atoms with E-state index in [0.29, 0.717) is 20.6 Å². The van der Waals surface area contributed by atoms with Crippen LogP contribution in [-0.2, 0) is 16.6 Å². The first-order valence-electron chi connectivity index (χ1n) is 11.1. The fraction of sp³-hybridized carbons (Fsp3) is 0.360. The van der Waals surface area contributed by atoms with Gasteiger partial charge in [-0.15, -0.1) is 0 Å². The number of hydrogen-bond acceptors (Lipinski definition) is 7. The van der Waals surface area contributed by atoms with E-state index in [-0.39, 0.29) is 12.2 Å². The van der Waals surface area contributed by atoms with E-state index in [4.69, 9.17) is 4.74 Å². The molecular formula is C25H29N5O3S. The molecule has 9 heteroatoms. The Morgan fingerprint density at radius 2 is 1.88 bits per heavy atom. The van der Waals surface area contributed by atoms with Crippen LogP contribution >= 0.6 is 11.3 Å². The molecule has 34 heavy (non-hydrogen) atoms. The number of fused-ring (bicyclic) bond motifs is 1. The third-order valence-corrected chi connectivity index (χ3v) is 7.07. The number of carbonyl (C=O) groups excluding carboxylic acids is 1. The molecule has 0 saturated heterocycles. The maximum Gasteiger partial charge on any atom is 0.338 e. The summed E-state index contributed by atoms with van der Waals surface area (Å²) in [6.07, 6.45) is 1.87. The number of aryl methyl sites for hydroxylation is 2. The number of ether oxygens (including phenoxy) is 1. The molecule has 1 atom stereocenters. The molecule has 0 amide bonds. The minimum Gasteiger partial charge on any atom is -0.463 e. The van der Waals surface area contributed by atoms with Gasteiger partial charge in [0.15, 0.2) is 4.80 Å². The quantitative estimate of drug-likeness (QED) is 0.524. The van der Waals surface area contributed by atoms with E-state index in [9.17, 15) is 9.59 Å². The summed E-state index contributed by atoms with van der Waals surface area (Å²) in [5.74, 6) is -0.460. The predicted molar refractivity (Wildman–Crippen MR) is 134 cm³/mol. The number of aromatic nitrogens is 3. The van der Waals surface area contributed by atoms with Crippen LogP contribution < -0.4 is 19.8 Å². The van der Waals surface area contributed by atoms with Crippen LogP contribution in [0.3, 0.4) is 0 Å². The zero-order valence-corrected chi connectivity index (χ0v) is 21.4. The smallest absolute Gasteiger partial charge is 0.338 e. The van der Waals surface area contributed by atoms with Crippen LogP contribution in [0.25, 0.3) is 6.08 Å². The molecule has 0 bridgehead atoms. The molecule has 1 aliphatic rings. The van der Waals surface area contributed by atoms with Crippen LogP contribution in [0, 0.1) is 13.8 Å². The van der Waals surface area contributed by atoms with Gasteiger partial charge in [-0.1, -0.05) is 23.5 Å². The highest BCUT2D eigenvalue weighted by molar-refractivity contribution is 7.07. The Labute approximate surface area is 202 Å². The lowest BCUT2D eigenvalue weighted by Gasteiger charge is -2.25. The molecule has 0 spiro atoms.